The number of halogens is 11. The number of nitrogens with zero attached hydrogens (tertiary/aromatic N) is 15. The van der Waals surface area contributed by atoms with E-state index in [0.717, 1.165) is 95.2 Å². The Hall–Kier alpha value is -4.41. The fourth-order valence-corrected chi connectivity index (χ4v) is 19.5. The molecule has 0 spiro atoms. The maximum atomic E-state index is 13.7. The Bertz CT molecular complexity index is 3080. The third-order valence-corrected chi connectivity index (χ3v) is 23.5. The van der Waals surface area contributed by atoms with Gasteiger partial charge in [0, 0.05) is 88.1 Å². The van der Waals surface area contributed by atoms with Gasteiger partial charge in [-0.2, -0.15) is 24.9 Å². The summed E-state index contributed by atoms with van der Waals surface area (Å²) in [7, 11) is 0. The zero-order chi connectivity index (χ0) is 71.6. The van der Waals surface area contributed by atoms with Gasteiger partial charge in [0.15, 0.2) is 58.2 Å². The van der Waals surface area contributed by atoms with Gasteiger partial charge in [-0.15, -0.1) is 12.4 Å². The lowest BCUT2D eigenvalue weighted by molar-refractivity contribution is 0.0498. The Kier molecular flexibility index (Phi) is 26.0. The molecule has 0 amide bonds. The van der Waals surface area contributed by atoms with Gasteiger partial charge in [-0.1, -0.05) is 0 Å². The molecule has 101 heavy (non-hydrogen) atoms. The van der Waals surface area contributed by atoms with E-state index < -0.39 is 29.1 Å². The second-order valence-corrected chi connectivity index (χ2v) is 33.8. The summed E-state index contributed by atoms with van der Waals surface area (Å²) in [6, 6.07) is 4.10. The summed E-state index contributed by atoms with van der Waals surface area (Å²) < 4.78 is 68.6. The molecular weight excluding hydrogens is 1430 g/mol. The van der Waals surface area contributed by atoms with Gasteiger partial charge in [0.25, 0.3) is 0 Å². The highest BCUT2D eigenvalue weighted by atomic mass is 35.5. The van der Waals surface area contributed by atoms with Gasteiger partial charge in [-0.25, -0.2) is 46.9 Å². The molecule has 10 aliphatic rings. The molecule has 2 unspecified atom stereocenters. The SMILES string of the molecule is CC1(C)CC(Nc2nc(Cl)ncc2F)CC2CCCN21.CC1(C)C[C@@H](Nc2nc(Cl)ncc2F)C[C@@H]2CCCN21.CC1(C)C[C@@H](Nc2nc(Cl)ncc2F)C[C@H]2CCCN21.CC1(C)C[C@H](Nc2nc(Cl)ncc2F)C[C@@H]2CCCN21.CC1(C)C[C@H](Nc2nc(Cl)ncc2F)C[C@H]2CCCN21.Cl. The second-order valence-electron chi connectivity index (χ2n) is 32.1. The van der Waals surface area contributed by atoms with Crippen LogP contribution < -0.4 is 26.6 Å². The van der Waals surface area contributed by atoms with Crippen LogP contribution in [0.2, 0.25) is 26.4 Å². The highest BCUT2D eigenvalue weighted by Crippen LogP contribution is 2.44. The van der Waals surface area contributed by atoms with E-state index in [1.54, 1.807) is 0 Å². The summed E-state index contributed by atoms with van der Waals surface area (Å²) in [6.45, 7) is 28.6. The van der Waals surface area contributed by atoms with Crippen LogP contribution >= 0.6 is 70.4 Å². The largest absolute Gasteiger partial charge is 0.365 e. The maximum Gasteiger partial charge on any atom is 0.224 e. The van der Waals surface area contributed by atoms with Crippen LogP contribution in [-0.4, -0.2) is 195 Å². The number of piperidine rings is 5. The number of hydrogen-bond donors (Lipinski definition) is 5. The van der Waals surface area contributed by atoms with Crippen molar-refractivity contribution in [1.29, 1.82) is 0 Å². The van der Waals surface area contributed by atoms with E-state index >= 15 is 0 Å². The van der Waals surface area contributed by atoms with Crippen molar-refractivity contribution in [2.45, 2.75) is 286 Å². The first kappa shape index (κ1) is 79.2. The van der Waals surface area contributed by atoms with Crippen LogP contribution in [0.4, 0.5) is 51.0 Å². The van der Waals surface area contributed by atoms with Crippen LogP contribution in [0.3, 0.4) is 0 Å². The number of anilines is 5. The standard InChI is InChI=1S/5C14H20ClFN4.ClH/c5*1-14(2)7-9(6-10-4-3-5-20(10)14)18-12-11(16)8-17-13(15)19-12;/h5*8-10H,3-7H2,1-2H3,(H,17,18,19);1H/t2*9-,10+;2*9-,10-;;/m1010../s1. The molecule has 0 bridgehead atoms. The van der Waals surface area contributed by atoms with Crippen LogP contribution in [0, 0.1) is 29.1 Å². The van der Waals surface area contributed by atoms with Gasteiger partial charge in [-0.3, -0.25) is 24.5 Å². The van der Waals surface area contributed by atoms with Crippen LogP contribution in [0.25, 0.3) is 0 Å². The zero-order valence-corrected chi connectivity index (χ0v) is 64.3. The Morgan fingerprint density at radius 1 is 0.307 bits per heavy atom. The number of nitrogens with one attached hydrogen (secondary N) is 5. The molecule has 31 heteroatoms. The minimum Gasteiger partial charge on any atom is -0.365 e. The van der Waals surface area contributed by atoms with Gasteiger partial charge >= 0.3 is 0 Å². The van der Waals surface area contributed by atoms with E-state index in [1.807, 2.05) is 0 Å². The van der Waals surface area contributed by atoms with Gasteiger partial charge in [-0.05, 0) is 288 Å². The third-order valence-electron chi connectivity index (χ3n) is 22.6. The molecule has 10 saturated heterocycles. The Balaban J connectivity index is 0.000000136. The molecular formula is C70H101Cl6F5N20. The van der Waals surface area contributed by atoms with Gasteiger partial charge in [0.05, 0.1) is 31.0 Å². The van der Waals surface area contributed by atoms with E-state index in [4.69, 9.17) is 58.0 Å². The number of hydrogen-bond acceptors (Lipinski definition) is 20. The summed E-state index contributed by atoms with van der Waals surface area (Å²) in [4.78, 5) is 51.0. The minimum absolute atomic E-state index is 0. The molecule has 10 fully saturated rings. The highest BCUT2D eigenvalue weighted by Gasteiger charge is 2.48. The number of aromatic nitrogens is 10. The van der Waals surface area contributed by atoms with Crippen molar-refractivity contribution in [2.24, 2.45) is 0 Å². The number of rotatable bonds is 10. The Labute approximate surface area is 623 Å². The summed E-state index contributed by atoms with van der Waals surface area (Å²) in [5.41, 5.74) is 0.716. The lowest BCUT2D eigenvalue weighted by Gasteiger charge is -2.47. The molecule has 15 rings (SSSR count). The molecule has 0 saturated carbocycles. The summed E-state index contributed by atoms with van der Waals surface area (Å²) >= 11 is 28.7. The van der Waals surface area contributed by atoms with E-state index in [0.29, 0.717) is 30.2 Å². The smallest absolute Gasteiger partial charge is 0.224 e. The van der Waals surface area contributed by atoms with Crippen molar-refractivity contribution in [1.82, 2.24) is 74.3 Å². The van der Waals surface area contributed by atoms with Crippen LogP contribution in [-0.2, 0) is 0 Å². The molecule has 0 radical (unpaired) electrons. The second kappa shape index (κ2) is 33.2. The molecule has 0 aliphatic carbocycles. The predicted octanol–water partition coefficient (Wildman–Crippen LogP) is 15.9. The van der Waals surface area contributed by atoms with Crippen LogP contribution in [0.5, 0.6) is 0 Å². The van der Waals surface area contributed by atoms with E-state index in [9.17, 15) is 22.0 Å². The van der Waals surface area contributed by atoms with E-state index in [2.05, 4.69) is 170 Å². The van der Waals surface area contributed by atoms with Crippen LogP contribution in [0.15, 0.2) is 31.0 Å². The summed E-state index contributed by atoms with van der Waals surface area (Å²) in [5, 5.41) is 16.5. The highest BCUT2D eigenvalue weighted by molar-refractivity contribution is 6.29. The number of fused-ring (bicyclic) bond motifs is 5. The van der Waals surface area contributed by atoms with Crippen molar-refractivity contribution in [3.05, 3.63) is 86.5 Å². The summed E-state index contributed by atoms with van der Waals surface area (Å²) in [5.74, 6) is -1.12. The molecule has 10 aliphatic heterocycles. The first-order valence-corrected chi connectivity index (χ1v) is 37.7. The topological polar surface area (TPSA) is 205 Å². The maximum absolute atomic E-state index is 13.7. The first-order chi connectivity index (χ1) is 47.3. The molecule has 558 valence electrons. The average Bonchev–Trinajstić information content (AvgIpc) is 1.76. The van der Waals surface area contributed by atoms with Crippen molar-refractivity contribution >= 4 is 99.5 Å². The molecule has 5 aromatic rings. The molecule has 5 aromatic heterocycles. The minimum atomic E-state index is -0.443. The van der Waals surface area contributed by atoms with Crippen molar-refractivity contribution in [3.8, 4) is 0 Å². The van der Waals surface area contributed by atoms with Crippen molar-refractivity contribution in [3.63, 3.8) is 0 Å². The Morgan fingerprint density at radius 3 is 0.624 bits per heavy atom. The van der Waals surface area contributed by atoms with E-state index in [1.165, 1.54) is 96.9 Å². The van der Waals surface area contributed by atoms with Gasteiger partial charge in [0.1, 0.15) is 0 Å². The monoisotopic (exact) mass is 1530 g/mol. The molecule has 10 atom stereocenters. The lowest BCUT2D eigenvalue weighted by Crippen LogP contribution is -2.55. The molecule has 15 heterocycles. The third kappa shape index (κ3) is 19.8. The zero-order valence-electron chi connectivity index (χ0n) is 59.7. The molecule has 20 nitrogen and oxygen atoms in total. The normalized spacial score (nSPS) is 28.9. The summed E-state index contributed by atoms with van der Waals surface area (Å²) in [6.07, 6.45) is 28.1. The average molecular weight is 1530 g/mol. The molecule has 5 N–H and O–H groups in total. The fourth-order valence-electron chi connectivity index (χ4n) is 18.8. The van der Waals surface area contributed by atoms with Crippen LogP contribution in [0.1, 0.15) is 198 Å². The van der Waals surface area contributed by atoms with Gasteiger partial charge in [0.2, 0.25) is 26.4 Å². The Morgan fingerprint density at radius 2 is 0.465 bits per heavy atom. The molecule has 0 aromatic carbocycles. The fraction of sp³-hybridized carbons (Fsp3) is 0.714. The van der Waals surface area contributed by atoms with E-state index in [-0.39, 0.29) is 126 Å². The van der Waals surface area contributed by atoms with Gasteiger partial charge < -0.3 is 26.6 Å². The van der Waals surface area contributed by atoms with Crippen molar-refractivity contribution in [2.75, 3.05) is 59.3 Å². The predicted molar refractivity (Wildman–Crippen MR) is 395 cm³/mol. The first-order valence-electron chi connectivity index (χ1n) is 35.8. The van der Waals surface area contributed by atoms with Crippen molar-refractivity contribution < 1.29 is 22.0 Å². The lowest BCUT2D eigenvalue weighted by atomic mass is 9.84. The quantitative estimate of drug-likeness (QED) is 0.0651.